The molecule has 1 saturated heterocycles. The van der Waals surface area contributed by atoms with Gasteiger partial charge in [0.15, 0.2) is 5.96 Å². The molecule has 0 aromatic heterocycles. The number of hydrogen-bond acceptors (Lipinski definition) is 4. The standard InChI is InChI=1S/C16H33N5O2.HI/c1-4-17-16(19-8-6-15(22)20-14(2)3)18-7-5-9-21-10-12-23-13-11-21;/h14H,4-13H2,1-3H3,(H,20,22)(H2,17,18,19);1H. The number of carbonyl (C=O) groups is 1. The van der Waals surface area contributed by atoms with Crippen molar-refractivity contribution in [2.45, 2.75) is 39.7 Å². The zero-order valence-corrected chi connectivity index (χ0v) is 17.6. The van der Waals surface area contributed by atoms with Crippen molar-refractivity contribution in [3.63, 3.8) is 0 Å². The highest BCUT2D eigenvalue weighted by Gasteiger charge is 2.09. The number of ether oxygens (including phenoxy) is 1. The zero-order valence-electron chi connectivity index (χ0n) is 15.3. The third-order valence-electron chi connectivity index (χ3n) is 3.44. The summed E-state index contributed by atoms with van der Waals surface area (Å²) in [7, 11) is 0. The molecule has 1 rings (SSSR count). The normalized spacial score (nSPS) is 15.8. The molecule has 7 nitrogen and oxygen atoms in total. The lowest BCUT2D eigenvalue weighted by molar-refractivity contribution is -0.121. The van der Waals surface area contributed by atoms with Crippen LogP contribution >= 0.6 is 24.0 Å². The Hall–Kier alpha value is -0.610. The Kier molecular flexibility index (Phi) is 14.3. The Morgan fingerprint density at radius 3 is 2.58 bits per heavy atom. The van der Waals surface area contributed by atoms with E-state index in [0.717, 1.165) is 58.3 Å². The van der Waals surface area contributed by atoms with Gasteiger partial charge in [0.2, 0.25) is 5.91 Å². The third-order valence-corrected chi connectivity index (χ3v) is 3.44. The fourth-order valence-electron chi connectivity index (χ4n) is 2.34. The molecular formula is C16H34IN5O2. The first-order chi connectivity index (χ1) is 11.1. The van der Waals surface area contributed by atoms with Gasteiger partial charge in [-0.1, -0.05) is 0 Å². The lowest BCUT2D eigenvalue weighted by Crippen LogP contribution is -2.40. The SMILES string of the molecule is CCNC(=NCCCN1CCOCC1)NCCC(=O)NC(C)C.I. The Labute approximate surface area is 163 Å². The van der Waals surface area contributed by atoms with Gasteiger partial charge in [-0.05, 0) is 27.2 Å². The van der Waals surface area contributed by atoms with E-state index in [1.807, 2.05) is 20.8 Å². The van der Waals surface area contributed by atoms with E-state index in [2.05, 4.69) is 25.8 Å². The van der Waals surface area contributed by atoms with E-state index < -0.39 is 0 Å². The van der Waals surface area contributed by atoms with Crippen LogP contribution in [0.2, 0.25) is 0 Å². The molecule has 0 bridgehead atoms. The van der Waals surface area contributed by atoms with Crippen LogP contribution in [0.15, 0.2) is 4.99 Å². The monoisotopic (exact) mass is 455 g/mol. The van der Waals surface area contributed by atoms with Crippen LogP contribution in [-0.4, -0.2) is 75.3 Å². The van der Waals surface area contributed by atoms with Gasteiger partial charge in [0.05, 0.1) is 13.2 Å². The van der Waals surface area contributed by atoms with E-state index in [1.54, 1.807) is 0 Å². The summed E-state index contributed by atoms with van der Waals surface area (Å²) < 4.78 is 5.34. The Balaban J connectivity index is 0.00000529. The van der Waals surface area contributed by atoms with Gasteiger partial charge < -0.3 is 20.7 Å². The third kappa shape index (κ3) is 11.9. The number of guanidine groups is 1. The zero-order chi connectivity index (χ0) is 16.9. The van der Waals surface area contributed by atoms with Crippen LogP contribution in [0, 0.1) is 0 Å². The number of rotatable bonds is 9. The van der Waals surface area contributed by atoms with Crippen molar-refractivity contribution in [1.82, 2.24) is 20.9 Å². The average Bonchev–Trinajstić information content (AvgIpc) is 2.51. The molecule has 24 heavy (non-hydrogen) atoms. The van der Waals surface area contributed by atoms with E-state index in [0.29, 0.717) is 13.0 Å². The summed E-state index contributed by atoms with van der Waals surface area (Å²) in [5.41, 5.74) is 0. The maximum Gasteiger partial charge on any atom is 0.221 e. The van der Waals surface area contributed by atoms with Crippen molar-refractivity contribution >= 4 is 35.8 Å². The molecule has 0 atom stereocenters. The van der Waals surface area contributed by atoms with Crippen molar-refractivity contribution in [1.29, 1.82) is 0 Å². The Bertz CT molecular complexity index is 360. The Morgan fingerprint density at radius 1 is 1.25 bits per heavy atom. The van der Waals surface area contributed by atoms with Crippen molar-refractivity contribution in [2.24, 2.45) is 4.99 Å². The van der Waals surface area contributed by atoms with Gasteiger partial charge in [0.1, 0.15) is 0 Å². The quantitative estimate of drug-likeness (QED) is 0.208. The molecule has 142 valence electrons. The molecule has 1 heterocycles. The van der Waals surface area contributed by atoms with E-state index in [9.17, 15) is 4.79 Å². The minimum absolute atomic E-state index is 0. The topological polar surface area (TPSA) is 78.0 Å². The van der Waals surface area contributed by atoms with Crippen molar-refractivity contribution in [3.8, 4) is 0 Å². The van der Waals surface area contributed by atoms with E-state index in [-0.39, 0.29) is 35.9 Å². The molecule has 0 aliphatic carbocycles. The molecule has 0 aromatic carbocycles. The van der Waals surface area contributed by atoms with Gasteiger partial charge in [-0.3, -0.25) is 14.7 Å². The molecule has 1 aliphatic heterocycles. The first-order valence-corrected chi connectivity index (χ1v) is 8.73. The second kappa shape index (κ2) is 14.7. The number of nitrogens with zero attached hydrogens (tertiary/aromatic N) is 2. The minimum Gasteiger partial charge on any atom is -0.379 e. The van der Waals surface area contributed by atoms with E-state index >= 15 is 0 Å². The number of hydrogen-bond donors (Lipinski definition) is 3. The number of nitrogens with one attached hydrogen (secondary N) is 3. The lowest BCUT2D eigenvalue weighted by Gasteiger charge is -2.26. The molecular weight excluding hydrogens is 421 g/mol. The van der Waals surface area contributed by atoms with Crippen LogP contribution in [-0.2, 0) is 9.53 Å². The van der Waals surface area contributed by atoms with Crippen LogP contribution in [0.3, 0.4) is 0 Å². The number of amides is 1. The van der Waals surface area contributed by atoms with Gasteiger partial charge in [0.25, 0.3) is 0 Å². The first-order valence-electron chi connectivity index (χ1n) is 8.73. The van der Waals surface area contributed by atoms with Crippen LogP contribution in [0.1, 0.15) is 33.6 Å². The fraction of sp³-hybridized carbons (Fsp3) is 0.875. The molecule has 8 heteroatoms. The molecule has 0 unspecified atom stereocenters. The molecule has 0 saturated carbocycles. The van der Waals surface area contributed by atoms with Crippen LogP contribution in [0.4, 0.5) is 0 Å². The van der Waals surface area contributed by atoms with Crippen LogP contribution < -0.4 is 16.0 Å². The Morgan fingerprint density at radius 2 is 1.96 bits per heavy atom. The summed E-state index contributed by atoms with van der Waals surface area (Å²) in [5, 5.41) is 9.30. The van der Waals surface area contributed by atoms with Gasteiger partial charge in [0, 0.05) is 51.7 Å². The van der Waals surface area contributed by atoms with Crippen molar-refractivity contribution < 1.29 is 9.53 Å². The van der Waals surface area contributed by atoms with Gasteiger partial charge in [-0.2, -0.15) is 0 Å². The second-order valence-electron chi connectivity index (χ2n) is 5.97. The summed E-state index contributed by atoms with van der Waals surface area (Å²) in [5.74, 6) is 0.850. The van der Waals surface area contributed by atoms with Gasteiger partial charge in [-0.25, -0.2) is 0 Å². The predicted octanol–water partition coefficient (Wildman–Crippen LogP) is 0.797. The largest absolute Gasteiger partial charge is 0.379 e. The fourth-order valence-corrected chi connectivity index (χ4v) is 2.34. The first kappa shape index (κ1) is 23.4. The maximum atomic E-state index is 11.6. The molecule has 1 aliphatic rings. The van der Waals surface area contributed by atoms with E-state index in [1.165, 1.54) is 0 Å². The summed E-state index contributed by atoms with van der Waals surface area (Å²) in [4.78, 5) is 18.6. The molecule has 1 amide bonds. The second-order valence-corrected chi connectivity index (χ2v) is 5.97. The predicted molar refractivity (Wildman–Crippen MR) is 109 cm³/mol. The molecule has 1 fully saturated rings. The number of halogens is 1. The number of morpholine rings is 1. The number of aliphatic imine (C=N–C) groups is 1. The molecule has 0 spiro atoms. The smallest absolute Gasteiger partial charge is 0.221 e. The minimum atomic E-state index is 0. The highest BCUT2D eigenvalue weighted by molar-refractivity contribution is 14.0. The summed E-state index contributed by atoms with van der Waals surface area (Å²) in [6, 6.07) is 0.185. The molecule has 0 radical (unpaired) electrons. The maximum absolute atomic E-state index is 11.6. The van der Waals surface area contributed by atoms with Crippen LogP contribution in [0.5, 0.6) is 0 Å². The molecule has 0 aromatic rings. The van der Waals surface area contributed by atoms with E-state index in [4.69, 9.17) is 4.74 Å². The van der Waals surface area contributed by atoms with Crippen molar-refractivity contribution in [3.05, 3.63) is 0 Å². The number of carbonyl (C=O) groups excluding carboxylic acids is 1. The van der Waals surface area contributed by atoms with Gasteiger partial charge in [-0.15, -0.1) is 24.0 Å². The summed E-state index contributed by atoms with van der Waals surface area (Å²) in [6.45, 7) is 12.9. The summed E-state index contributed by atoms with van der Waals surface area (Å²) >= 11 is 0. The summed E-state index contributed by atoms with van der Waals surface area (Å²) in [6.07, 6.45) is 1.49. The van der Waals surface area contributed by atoms with Crippen LogP contribution in [0.25, 0.3) is 0 Å². The van der Waals surface area contributed by atoms with Crippen molar-refractivity contribution in [2.75, 3.05) is 52.5 Å². The lowest BCUT2D eigenvalue weighted by atomic mass is 10.3. The molecule has 3 N–H and O–H groups in total. The highest BCUT2D eigenvalue weighted by atomic mass is 127. The highest BCUT2D eigenvalue weighted by Crippen LogP contribution is 1.98. The van der Waals surface area contributed by atoms with Gasteiger partial charge >= 0.3 is 0 Å². The average molecular weight is 455 g/mol.